The van der Waals surface area contributed by atoms with Crippen LogP contribution in [-0.4, -0.2) is 29.1 Å². The molecule has 16 heavy (non-hydrogen) atoms. The van der Waals surface area contributed by atoms with Crippen LogP contribution < -0.4 is 0 Å². The minimum atomic E-state index is 0.380. The monoisotopic (exact) mass is 241 g/mol. The molecule has 1 aliphatic heterocycles. The molecule has 2 aliphatic rings. The van der Waals surface area contributed by atoms with Crippen molar-refractivity contribution in [3.8, 4) is 0 Å². The molecule has 2 unspecified atom stereocenters. The second-order valence-corrected chi connectivity index (χ2v) is 5.62. The SMILES string of the molecule is O=C(CCCS)N1CCCC2CCCCC21. The molecule has 2 rings (SSSR count). The Morgan fingerprint density at radius 1 is 1.19 bits per heavy atom. The van der Waals surface area contributed by atoms with Crippen molar-refractivity contribution in [3.63, 3.8) is 0 Å². The van der Waals surface area contributed by atoms with Crippen LogP contribution in [0, 0.1) is 5.92 Å². The molecule has 1 saturated heterocycles. The highest BCUT2D eigenvalue weighted by molar-refractivity contribution is 7.80. The Hall–Kier alpha value is -0.180. The van der Waals surface area contributed by atoms with Gasteiger partial charge in [0.05, 0.1) is 0 Å². The Morgan fingerprint density at radius 2 is 1.94 bits per heavy atom. The lowest BCUT2D eigenvalue weighted by Gasteiger charge is -2.44. The lowest BCUT2D eigenvalue weighted by molar-refractivity contribution is -0.137. The zero-order chi connectivity index (χ0) is 11.4. The van der Waals surface area contributed by atoms with Gasteiger partial charge in [-0.2, -0.15) is 12.6 Å². The number of hydrogen-bond donors (Lipinski definition) is 1. The molecule has 3 heteroatoms. The van der Waals surface area contributed by atoms with Crippen molar-refractivity contribution in [2.75, 3.05) is 12.3 Å². The molecule has 0 aromatic carbocycles. The van der Waals surface area contributed by atoms with E-state index in [1.54, 1.807) is 0 Å². The molecule has 1 aliphatic carbocycles. The van der Waals surface area contributed by atoms with Crippen molar-refractivity contribution in [1.82, 2.24) is 4.90 Å². The molecule has 1 saturated carbocycles. The Morgan fingerprint density at radius 3 is 2.75 bits per heavy atom. The number of amides is 1. The fourth-order valence-electron chi connectivity index (χ4n) is 3.31. The third-order valence-electron chi connectivity index (χ3n) is 4.11. The van der Waals surface area contributed by atoms with Gasteiger partial charge in [0.2, 0.25) is 5.91 Å². The summed E-state index contributed by atoms with van der Waals surface area (Å²) >= 11 is 4.18. The maximum Gasteiger partial charge on any atom is 0.222 e. The average molecular weight is 241 g/mol. The summed E-state index contributed by atoms with van der Waals surface area (Å²) < 4.78 is 0. The summed E-state index contributed by atoms with van der Waals surface area (Å²) in [6.45, 7) is 1.01. The molecule has 2 atom stereocenters. The van der Waals surface area contributed by atoms with Gasteiger partial charge in [0.1, 0.15) is 0 Å². The van der Waals surface area contributed by atoms with Gasteiger partial charge in [0, 0.05) is 19.0 Å². The second-order valence-electron chi connectivity index (χ2n) is 5.17. The molecule has 0 aromatic rings. The Bertz CT molecular complexity index is 242. The van der Waals surface area contributed by atoms with Crippen LogP contribution in [0.3, 0.4) is 0 Å². The third-order valence-corrected chi connectivity index (χ3v) is 4.43. The quantitative estimate of drug-likeness (QED) is 0.753. The predicted octanol–water partition coefficient (Wildman–Crippen LogP) is 2.88. The highest BCUT2D eigenvalue weighted by atomic mass is 32.1. The molecule has 0 N–H and O–H groups in total. The zero-order valence-corrected chi connectivity index (χ0v) is 10.9. The van der Waals surface area contributed by atoms with E-state index in [0.29, 0.717) is 18.4 Å². The fraction of sp³-hybridized carbons (Fsp3) is 0.923. The first-order chi connectivity index (χ1) is 7.83. The van der Waals surface area contributed by atoms with E-state index in [0.717, 1.165) is 24.6 Å². The van der Waals surface area contributed by atoms with Gasteiger partial charge in [0.15, 0.2) is 0 Å². The van der Waals surface area contributed by atoms with Gasteiger partial charge < -0.3 is 4.90 Å². The summed E-state index contributed by atoms with van der Waals surface area (Å²) in [5.74, 6) is 2.02. The number of likely N-dealkylation sites (tertiary alicyclic amines) is 1. The van der Waals surface area contributed by atoms with Crippen molar-refractivity contribution in [3.05, 3.63) is 0 Å². The number of carbonyl (C=O) groups excluding carboxylic acids is 1. The van der Waals surface area contributed by atoms with Gasteiger partial charge in [-0.25, -0.2) is 0 Å². The van der Waals surface area contributed by atoms with Crippen molar-refractivity contribution in [2.24, 2.45) is 5.92 Å². The van der Waals surface area contributed by atoms with Gasteiger partial charge in [-0.15, -0.1) is 0 Å². The number of nitrogens with zero attached hydrogens (tertiary/aromatic N) is 1. The van der Waals surface area contributed by atoms with Crippen LogP contribution in [0.2, 0.25) is 0 Å². The summed E-state index contributed by atoms with van der Waals surface area (Å²) in [6, 6.07) is 0.579. The highest BCUT2D eigenvalue weighted by Gasteiger charge is 2.35. The largest absolute Gasteiger partial charge is 0.339 e. The van der Waals surface area contributed by atoms with Gasteiger partial charge in [0.25, 0.3) is 0 Å². The first kappa shape index (κ1) is 12.3. The van der Waals surface area contributed by atoms with E-state index < -0.39 is 0 Å². The van der Waals surface area contributed by atoms with Crippen molar-refractivity contribution in [2.45, 2.75) is 57.4 Å². The van der Waals surface area contributed by atoms with Crippen LogP contribution in [0.1, 0.15) is 51.4 Å². The number of carbonyl (C=O) groups is 1. The summed E-state index contributed by atoms with van der Waals surface area (Å²) in [6.07, 6.45) is 9.48. The van der Waals surface area contributed by atoms with Gasteiger partial charge in [-0.1, -0.05) is 12.8 Å². The van der Waals surface area contributed by atoms with Crippen LogP contribution in [-0.2, 0) is 4.79 Å². The number of piperidine rings is 1. The Balaban J connectivity index is 1.93. The van der Waals surface area contributed by atoms with E-state index in [1.807, 2.05) is 0 Å². The molecule has 0 aromatic heterocycles. The standard InChI is InChI=1S/C13H23NOS/c15-13(8-4-10-16)14-9-3-6-11-5-1-2-7-12(11)14/h11-12,16H,1-10H2. The molecular weight excluding hydrogens is 218 g/mol. The van der Waals surface area contributed by atoms with E-state index in [-0.39, 0.29) is 0 Å². The third kappa shape index (κ3) is 2.73. The maximum absolute atomic E-state index is 12.1. The molecule has 2 fully saturated rings. The molecular formula is C13H23NOS. The topological polar surface area (TPSA) is 20.3 Å². The van der Waals surface area contributed by atoms with Gasteiger partial charge >= 0.3 is 0 Å². The minimum Gasteiger partial charge on any atom is -0.339 e. The minimum absolute atomic E-state index is 0.380. The first-order valence-electron chi connectivity index (χ1n) is 6.73. The van der Waals surface area contributed by atoms with Crippen molar-refractivity contribution < 1.29 is 4.79 Å². The second kappa shape index (κ2) is 5.95. The van der Waals surface area contributed by atoms with Crippen LogP contribution in [0.4, 0.5) is 0 Å². The van der Waals surface area contributed by atoms with Gasteiger partial charge in [-0.3, -0.25) is 4.79 Å². The van der Waals surface area contributed by atoms with Crippen molar-refractivity contribution in [1.29, 1.82) is 0 Å². The van der Waals surface area contributed by atoms with Crippen LogP contribution in [0.5, 0.6) is 0 Å². The van der Waals surface area contributed by atoms with Crippen molar-refractivity contribution >= 4 is 18.5 Å². The van der Waals surface area contributed by atoms with E-state index in [9.17, 15) is 4.79 Å². The average Bonchev–Trinajstić information content (AvgIpc) is 2.35. The number of thiol groups is 1. The molecule has 2 nitrogen and oxygen atoms in total. The lowest BCUT2D eigenvalue weighted by atomic mass is 9.78. The van der Waals surface area contributed by atoms with Crippen LogP contribution in [0.15, 0.2) is 0 Å². The fourth-order valence-corrected chi connectivity index (χ4v) is 3.47. The molecule has 0 bridgehead atoms. The van der Waals surface area contributed by atoms with Crippen LogP contribution >= 0.6 is 12.6 Å². The van der Waals surface area contributed by atoms with E-state index >= 15 is 0 Å². The smallest absolute Gasteiger partial charge is 0.222 e. The molecule has 0 spiro atoms. The summed E-state index contributed by atoms with van der Waals surface area (Å²) in [7, 11) is 0. The summed E-state index contributed by atoms with van der Waals surface area (Å²) in [5, 5.41) is 0. The number of rotatable bonds is 3. The Kier molecular flexibility index (Phi) is 4.56. The van der Waals surface area contributed by atoms with E-state index in [1.165, 1.54) is 38.5 Å². The number of hydrogen-bond acceptors (Lipinski definition) is 2. The van der Waals surface area contributed by atoms with Crippen LogP contribution in [0.25, 0.3) is 0 Å². The summed E-state index contributed by atoms with van der Waals surface area (Å²) in [4.78, 5) is 14.3. The normalized spacial score (nSPS) is 29.9. The first-order valence-corrected chi connectivity index (χ1v) is 7.36. The molecule has 1 amide bonds. The van der Waals surface area contributed by atoms with Gasteiger partial charge in [-0.05, 0) is 43.8 Å². The molecule has 1 heterocycles. The Labute approximate surface area is 104 Å². The van der Waals surface area contributed by atoms with E-state index in [2.05, 4.69) is 17.5 Å². The lowest BCUT2D eigenvalue weighted by Crippen LogP contribution is -2.49. The molecule has 0 radical (unpaired) electrons. The number of fused-ring (bicyclic) bond motifs is 1. The zero-order valence-electron chi connectivity index (χ0n) is 10.0. The van der Waals surface area contributed by atoms with E-state index in [4.69, 9.17) is 0 Å². The molecule has 92 valence electrons. The predicted molar refractivity (Wildman–Crippen MR) is 69.8 cm³/mol. The highest BCUT2D eigenvalue weighted by Crippen LogP contribution is 2.35. The summed E-state index contributed by atoms with van der Waals surface area (Å²) in [5.41, 5.74) is 0. The maximum atomic E-state index is 12.1.